The summed E-state index contributed by atoms with van der Waals surface area (Å²) in [5.74, 6) is 0.565. The van der Waals surface area contributed by atoms with Gasteiger partial charge in [-0.15, -0.1) is 0 Å². The zero-order chi connectivity index (χ0) is 11.1. The van der Waals surface area contributed by atoms with E-state index in [4.69, 9.17) is 0 Å². The molecule has 1 aliphatic heterocycles. The minimum absolute atomic E-state index is 0.279. The largest absolute Gasteiger partial charge is 0.261 e. The highest BCUT2D eigenvalue weighted by Crippen LogP contribution is 2.29. The number of nitrogens with zero attached hydrogens (tertiary/aromatic N) is 1. The summed E-state index contributed by atoms with van der Waals surface area (Å²) in [5, 5.41) is 0. The Hall–Kier alpha value is -0.900. The number of hydrogen-bond acceptors (Lipinski definition) is 3. The zero-order valence-electron chi connectivity index (χ0n) is 9.03. The highest BCUT2D eigenvalue weighted by Gasteiger charge is 2.26. The van der Waals surface area contributed by atoms with Crippen molar-refractivity contribution in [3.8, 4) is 0 Å². The third-order valence-corrected chi connectivity index (χ3v) is 4.65. The fourth-order valence-corrected chi connectivity index (χ4v) is 3.67. The van der Waals surface area contributed by atoms with E-state index < -0.39 is 9.84 Å². The van der Waals surface area contributed by atoms with Crippen molar-refractivity contribution in [2.45, 2.75) is 37.5 Å². The number of sulfone groups is 1. The van der Waals surface area contributed by atoms with Gasteiger partial charge in [0.25, 0.3) is 0 Å². The van der Waals surface area contributed by atoms with E-state index in [9.17, 15) is 8.42 Å². The summed E-state index contributed by atoms with van der Waals surface area (Å²) < 4.78 is 23.6. The van der Waals surface area contributed by atoms with Crippen LogP contribution >= 0.6 is 0 Å². The van der Waals surface area contributed by atoms with E-state index in [1.54, 1.807) is 12.3 Å². The van der Waals surface area contributed by atoms with E-state index in [1.165, 1.54) is 0 Å². The third-order valence-electron chi connectivity index (χ3n) is 2.77. The molecule has 3 nitrogen and oxygen atoms in total. The van der Waals surface area contributed by atoms with Crippen molar-refractivity contribution in [2.24, 2.45) is 0 Å². The quantitative estimate of drug-likeness (QED) is 0.733. The molecule has 0 aromatic carbocycles. The summed E-state index contributed by atoms with van der Waals surface area (Å²) in [6.45, 7) is 4.09. The first-order chi connectivity index (χ1) is 7.02. The van der Waals surface area contributed by atoms with Gasteiger partial charge in [0, 0.05) is 11.9 Å². The van der Waals surface area contributed by atoms with Crippen LogP contribution in [0, 0.1) is 0 Å². The average Bonchev–Trinajstić information content (AvgIpc) is 2.16. The van der Waals surface area contributed by atoms with Crippen molar-refractivity contribution in [1.29, 1.82) is 0 Å². The second-order valence-electron chi connectivity index (χ2n) is 4.25. The molecular formula is C11H15NO2S. The topological polar surface area (TPSA) is 47.0 Å². The Kier molecular flexibility index (Phi) is 2.54. The summed E-state index contributed by atoms with van der Waals surface area (Å²) in [4.78, 5) is 4.80. The average molecular weight is 225 g/mol. The molecule has 1 aromatic heterocycles. The molecule has 0 unspecified atom stereocenters. The normalized spacial score (nSPS) is 18.9. The Morgan fingerprint density at radius 2 is 2.13 bits per heavy atom. The number of fused-ring (bicyclic) bond motifs is 1. The molecule has 1 aliphatic rings. The summed E-state index contributed by atoms with van der Waals surface area (Å²) in [5.41, 5.74) is 1.88. The molecule has 1 aromatic rings. The van der Waals surface area contributed by atoms with E-state index in [-0.39, 0.29) is 11.7 Å². The number of hydrogen-bond donors (Lipinski definition) is 0. The molecule has 0 aliphatic carbocycles. The molecule has 82 valence electrons. The lowest BCUT2D eigenvalue weighted by Gasteiger charge is -2.20. The molecule has 0 atom stereocenters. The van der Waals surface area contributed by atoms with Gasteiger partial charge < -0.3 is 0 Å². The zero-order valence-corrected chi connectivity index (χ0v) is 9.84. The van der Waals surface area contributed by atoms with E-state index in [1.807, 2.05) is 13.8 Å². The van der Waals surface area contributed by atoms with Gasteiger partial charge in [-0.3, -0.25) is 4.98 Å². The molecule has 2 rings (SSSR count). The summed E-state index contributed by atoms with van der Waals surface area (Å²) in [6.07, 6.45) is 3.17. The standard InChI is InChI=1S/C11H15NO2S/c1-8(2)11-9-4-3-7-15(13,14)10(9)5-6-12-11/h5-6,8H,3-4,7H2,1-2H3. The summed E-state index contributed by atoms with van der Waals surface area (Å²) in [6, 6.07) is 1.63. The van der Waals surface area contributed by atoms with Gasteiger partial charge in [0.1, 0.15) is 0 Å². The Morgan fingerprint density at radius 1 is 1.40 bits per heavy atom. The van der Waals surface area contributed by atoms with Crippen LogP contribution in [0.4, 0.5) is 0 Å². The van der Waals surface area contributed by atoms with Crippen LogP contribution in [-0.2, 0) is 16.3 Å². The Bertz CT molecular complexity index is 477. The lowest BCUT2D eigenvalue weighted by molar-refractivity contribution is 0.584. The highest BCUT2D eigenvalue weighted by molar-refractivity contribution is 7.91. The van der Waals surface area contributed by atoms with Crippen molar-refractivity contribution < 1.29 is 8.42 Å². The lowest BCUT2D eigenvalue weighted by Crippen LogP contribution is -2.18. The van der Waals surface area contributed by atoms with Crippen molar-refractivity contribution in [2.75, 3.05) is 5.75 Å². The van der Waals surface area contributed by atoms with E-state index in [2.05, 4.69) is 4.98 Å². The van der Waals surface area contributed by atoms with Gasteiger partial charge in [0.2, 0.25) is 0 Å². The van der Waals surface area contributed by atoms with Crippen LogP contribution in [0.25, 0.3) is 0 Å². The molecule has 0 fully saturated rings. The first kappa shape index (κ1) is 10.6. The number of aromatic nitrogens is 1. The molecule has 4 heteroatoms. The van der Waals surface area contributed by atoms with Gasteiger partial charge in [-0.25, -0.2) is 8.42 Å². The number of rotatable bonds is 1. The van der Waals surface area contributed by atoms with E-state index in [0.717, 1.165) is 24.1 Å². The van der Waals surface area contributed by atoms with Crippen LogP contribution in [-0.4, -0.2) is 19.2 Å². The maximum Gasteiger partial charge on any atom is 0.178 e. The lowest BCUT2D eigenvalue weighted by atomic mass is 10.0. The molecule has 0 N–H and O–H groups in total. The van der Waals surface area contributed by atoms with Crippen molar-refractivity contribution in [3.63, 3.8) is 0 Å². The van der Waals surface area contributed by atoms with Crippen LogP contribution in [0.1, 0.15) is 37.4 Å². The Labute approximate surface area is 90.5 Å². The van der Waals surface area contributed by atoms with Gasteiger partial charge in [-0.05, 0) is 30.4 Å². The van der Waals surface area contributed by atoms with Crippen molar-refractivity contribution in [1.82, 2.24) is 4.98 Å². The first-order valence-electron chi connectivity index (χ1n) is 5.23. The van der Waals surface area contributed by atoms with Gasteiger partial charge in [-0.2, -0.15) is 0 Å². The maximum absolute atomic E-state index is 11.8. The predicted molar refractivity (Wildman–Crippen MR) is 58.7 cm³/mol. The Balaban J connectivity index is 2.67. The molecule has 2 heterocycles. The number of pyridine rings is 1. The monoisotopic (exact) mass is 225 g/mol. The minimum atomic E-state index is -3.04. The minimum Gasteiger partial charge on any atom is -0.261 e. The SMILES string of the molecule is CC(C)c1nccc2c1CCCS2(=O)=O. The van der Waals surface area contributed by atoms with E-state index >= 15 is 0 Å². The first-order valence-corrected chi connectivity index (χ1v) is 6.88. The summed E-state index contributed by atoms with van der Waals surface area (Å²) in [7, 11) is -3.04. The third kappa shape index (κ3) is 1.78. The van der Waals surface area contributed by atoms with Crippen molar-refractivity contribution in [3.05, 3.63) is 23.5 Å². The molecule has 0 saturated carbocycles. The van der Waals surface area contributed by atoms with Crippen LogP contribution in [0.5, 0.6) is 0 Å². The van der Waals surface area contributed by atoms with Gasteiger partial charge in [0.05, 0.1) is 10.6 Å². The van der Waals surface area contributed by atoms with Crippen LogP contribution < -0.4 is 0 Å². The van der Waals surface area contributed by atoms with Crippen molar-refractivity contribution >= 4 is 9.84 Å². The van der Waals surface area contributed by atoms with Gasteiger partial charge in [-0.1, -0.05) is 13.8 Å². The second-order valence-corrected chi connectivity index (χ2v) is 6.33. The molecule has 0 radical (unpaired) electrons. The van der Waals surface area contributed by atoms with Crippen LogP contribution in [0.3, 0.4) is 0 Å². The van der Waals surface area contributed by atoms with Gasteiger partial charge in [0.15, 0.2) is 9.84 Å². The second kappa shape index (κ2) is 3.59. The van der Waals surface area contributed by atoms with Crippen LogP contribution in [0.15, 0.2) is 17.2 Å². The van der Waals surface area contributed by atoms with Crippen LogP contribution in [0.2, 0.25) is 0 Å². The molecule has 0 saturated heterocycles. The van der Waals surface area contributed by atoms with Gasteiger partial charge >= 0.3 is 0 Å². The maximum atomic E-state index is 11.8. The summed E-state index contributed by atoms with van der Waals surface area (Å²) >= 11 is 0. The molecule has 0 amide bonds. The fraction of sp³-hybridized carbons (Fsp3) is 0.545. The fourth-order valence-electron chi connectivity index (χ4n) is 2.08. The predicted octanol–water partition coefficient (Wildman–Crippen LogP) is 1.92. The molecule has 15 heavy (non-hydrogen) atoms. The van der Waals surface area contributed by atoms with E-state index in [0.29, 0.717) is 4.90 Å². The molecule has 0 spiro atoms. The molecular weight excluding hydrogens is 210 g/mol. The smallest absolute Gasteiger partial charge is 0.178 e. The highest BCUT2D eigenvalue weighted by atomic mass is 32.2. The molecule has 0 bridgehead atoms. The Morgan fingerprint density at radius 3 is 2.80 bits per heavy atom.